The summed E-state index contributed by atoms with van der Waals surface area (Å²) in [5.41, 5.74) is 5.36. The summed E-state index contributed by atoms with van der Waals surface area (Å²) < 4.78 is 0. The Labute approximate surface area is 108 Å². The predicted molar refractivity (Wildman–Crippen MR) is 72.0 cm³/mol. The second-order valence-electron chi connectivity index (χ2n) is 3.53. The van der Waals surface area contributed by atoms with Crippen LogP contribution in [0.4, 0.5) is 0 Å². The van der Waals surface area contributed by atoms with Gasteiger partial charge in [-0.1, -0.05) is 6.58 Å². The van der Waals surface area contributed by atoms with Crippen LogP contribution in [0.1, 0.15) is 28.4 Å². The summed E-state index contributed by atoms with van der Waals surface area (Å²) >= 11 is 0. The van der Waals surface area contributed by atoms with Gasteiger partial charge in [-0.25, -0.2) is 0 Å². The van der Waals surface area contributed by atoms with Crippen LogP contribution in [-0.2, 0) is 0 Å². The van der Waals surface area contributed by atoms with Gasteiger partial charge in [0.1, 0.15) is 5.75 Å². The fraction of sp³-hybridized carbons (Fsp3) is 0.308. The molecule has 1 N–H and O–H groups in total. The van der Waals surface area contributed by atoms with Gasteiger partial charge in [0.25, 0.3) is 0 Å². The molecule has 0 aliphatic carbocycles. The van der Waals surface area contributed by atoms with Gasteiger partial charge in [-0.3, -0.25) is 4.79 Å². The Kier molecular flexibility index (Phi) is 6.54. The minimum atomic E-state index is -0.0596. The molecule has 0 aliphatic heterocycles. The summed E-state index contributed by atoms with van der Waals surface area (Å²) in [6.07, 6.45) is 1.33. The number of hydroxylamine groups is 1. The molecule has 0 radical (unpaired) electrons. The molecule has 1 rings (SSSR count). The summed E-state index contributed by atoms with van der Waals surface area (Å²) in [4.78, 5) is 16.9. The fourth-order valence-electron chi connectivity index (χ4n) is 1.43. The topological polar surface area (TPSA) is 38.3 Å². The smallest absolute Gasteiger partial charge is 0.185 e. The van der Waals surface area contributed by atoms with E-state index in [9.17, 15) is 4.79 Å². The van der Waals surface area contributed by atoms with Crippen molar-refractivity contribution in [2.75, 3.05) is 6.54 Å². The van der Waals surface area contributed by atoms with Gasteiger partial charge in [-0.15, -0.1) is 12.4 Å². The Morgan fingerprint density at radius 1 is 1.41 bits per heavy atom. The Hall–Kier alpha value is -1.32. The fourth-order valence-corrected chi connectivity index (χ4v) is 1.43. The Balaban J connectivity index is 0.00000256. The average molecular weight is 256 g/mol. The Morgan fingerprint density at radius 2 is 2.06 bits per heavy atom. The van der Waals surface area contributed by atoms with E-state index in [4.69, 9.17) is 4.84 Å². The molecule has 4 heteroatoms. The molecule has 0 amide bonds. The lowest BCUT2D eigenvalue weighted by molar-refractivity contribution is 0.104. The van der Waals surface area contributed by atoms with E-state index in [1.54, 1.807) is 12.1 Å². The lowest BCUT2D eigenvalue weighted by Gasteiger charge is -2.12. The maximum Gasteiger partial charge on any atom is 0.185 e. The van der Waals surface area contributed by atoms with Gasteiger partial charge in [0, 0.05) is 12.1 Å². The molecule has 0 aromatic heterocycles. The third kappa shape index (κ3) is 3.58. The normalized spacial score (nSPS) is 9.35. The van der Waals surface area contributed by atoms with E-state index >= 15 is 0 Å². The molecule has 0 heterocycles. The second-order valence-corrected chi connectivity index (χ2v) is 3.53. The molecule has 0 aliphatic rings. The van der Waals surface area contributed by atoms with Crippen molar-refractivity contribution in [1.82, 2.24) is 5.48 Å². The SMILES string of the molecule is C=CC(=O)c1ccc(ONCC)c(C)c1C.Cl. The van der Waals surface area contributed by atoms with E-state index in [1.807, 2.05) is 20.8 Å². The molecule has 0 fully saturated rings. The van der Waals surface area contributed by atoms with Crippen molar-refractivity contribution in [3.63, 3.8) is 0 Å². The van der Waals surface area contributed by atoms with Gasteiger partial charge in [0.2, 0.25) is 0 Å². The van der Waals surface area contributed by atoms with Gasteiger partial charge in [-0.05, 0) is 50.1 Å². The summed E-state index contributed by atoms with van der Waals surface area (Å²) in [6.45, 7) is 10.0. The van der Waals surface area contributed by atoms with E-state index in [1.165, 1.54) is 6.08 Å². The maximum absolute atomic E-state index is 11.5. The van der Waals surface area contributed by atoms with Crippen LogP contribution >= 0.6 is 12.4 Å². The van der Waals surface area contributed by atoms with Crippen molar-refractivity contribution in [3.8, 4) is 5.75 Å². The Morgan fingerprint density at radius 3 is 2.59 bits per heavy atom. The first-order chi connectivity index (χ1) is 7.61. The van der Waals surface area contributed by atoms with Gasteiger partial charge in [0.05, 0.1) is 0 Å². The van der Waals surface area contributed by atoms with Gasteiger partial charge in [-0.2, -0.15) is 5.48 Å². The summed E-state index contributed by atoms with van der Waals surface area (Å²) in [5.74, 6) is 0.690. The van der Waals surface area contributed by atoms with E-state index < -0.39 is 0 Å². The third-order valence-electron chi connectivity index (χ3n) is 2.51. The molecule has 0 saturated heterocycles. The minimum Gasteiger partial charge on any atom is -0.408 e. The van der Waals surface area contributed by atoms with Crippen molar-refractivity contribution in [2.24, 2.45) is 0 Å². The van der Waals surface area contributed by atoms with Crippen LogP contribution in [0.3, 0.4) is 0 Å². The number of allylic oxidation sites excluding steroid dienone is 1. The quantitative estimate of drug-likeness (QED) is 0.499. The van der Waals surface area contributed by atoms with Crippen LogP contribution in [0.25, 0.3) is 0 Å². The zero-order chi connectivity index (χ0) is 12.1. The van der Waals surface area contributed by atoms with Gasteiger partial charge < -0.3 is 4.84 Å². The number of halogens is 1. The second kappa shape index (κ2) is 7.09. The van der Waals surface area contributed by atoms with Crippen LogP contribution in [-0.4, -0.2) is 12.3 Å². The number of benzene rings is 1. The molecule has 0 saturated carbocycles. The van der Waals surface area contributed by atoms with Crippen LogP contribution < -0.4 is 10.3 Å². The molecular weight excluding hydrogens is 238 g/mol. The van der Waals surface area contributed by atoms with Crippen molar-refractivity contribution >= 4 is 18.2 Å². The maximum atomic E-state index is 11.5. The first-order valence-electron chi connectivity index (χ1n) is 5.28. The lowest BCUT2D eigenvalue weighted by Crippen LogP contribution is -2.18. The molecule has 0 atom stereocenters. The monoisotopic (exact) mass is 255 g/mol. The minimum absolute atomic E-state index is 0. The zero-order valence-electron chi connectivity index (χ0n) is 10.4. The predicted octanol–water partition coefficient (Wildman–Crippen LogP) is 3.00. The summed E-state index contributed by atoms with van der Waals surface area (Å²) in [5, 5.41) is 0. The number of rotatable bonds is 5. The highest BCUT2D eigenvalue weighted by Crippen LogP contribution is 2.24. The highest BCUT2D eigenvalue weighted by atomic mass is 35.5. The Bertz CT molecular complexity index is 416. The highest BCUT2D eigenvalue weighted by molar-refractivity contribution is 6.05. The summed E-state index contributed by atoms with van der Waals surface area (Å²) in [7, 11) is 0. The average Bonchev–Trinajstić information content (AvgIpc) is 2.30. The molecule has 94 valence electrons. The number of ketones is 1. The standard InChI is InChI=1S/C13H17NO2.ClH/c1-5-12(15)11-7-8-13(16-14-6-2)10(4)9(11)3;/h5,7-8,14H,1,6H2,2-4H3;1H. The van der Waals surface area contributed by atoms with Gasteiger partial charge >= 0.3 is 0 Å². The molecule has 0 bridgehead atoms. The first-order valence-corrected chi connectivity index (χ1v) is 5.28. The largest absolute Gasteiger partial charge is 0.408 e. The molecule has 1 aromatic carbocycles. The van der Waals surface area contributed by atoms with Crippen LogP contribution in [0.15, 0.2) is 24.8 Å². The van der Waals surface area contributed by atoms with Crippen molar-refractivity contribution < 1.29 is 9.63 Å². The van der Waals surface area contributed by atoms with E-state index in [0.29, 0.717) is 5.56 Å². The van der Waals surface area contributed by atoms with Crippen LogP contribution in [0, 0.1) is 13.8 Å². The molecule has 3 nitrogen and oxygen atoms in total. The van der Waals surface area contributed by atoms with E-state index in [2.05, 4.69) is 12.1 Å². The molecule has 17 heavy (non-hydrogen) atoms. The third-order valence-corrected chi connectivity index (χ3v) is 2.51. The number of hydrogen-bond donors (Lipinski definition) is 1. The molecule has 0 spiro atoms. The number of carbonyl (C=O) groups is 1. The number of carbonyl (C=O) groups excluding carboxylic acids is 1. The molecular formula is C13H18ClNO2. The lowest BCUT2D eigenvalue weighted by atomic mass is 9.99. The van der Waals surface area contributed by atoms with E-state index in [0.717, 1.165) is 23.4 Å². The van der Waals surface area contributed by atoms with E-state index in [-0.39, 0.29) is 18.2 Å². The number of hydrogen-bond acceptors (Lipinski definition) is 3. The van der Waals surface area contributed by atoms with Crippen molar-refractivity contribution in [3.05, 3.63) is 41.5 Å². The van der Waals surface area contributed by atoms with Crippen molar-refractivity contribution in [2.45, 2.75) is 20.8 Å². The summed E-state index contributed by atoms with van der Waals surface area (Å²) in [6, 6.07) is 3.56. The molecule has 0 unspecified atom stereocenters. The highest BCUT2D eigenvalue weighted by Gasteiger charge is 2.11. The van der Waals surface area contributed by atoms with Crippen LogP contribution in [0.5, 0.6) is 5.75 Å². The molecule has 1 aromatic rings. The van der Waals surface area contributed by atoms with Gasteiger partial charge in [0.15, 0.2) is 5.78 Å². The first kappa shape index (κ1) is 15.7. The van der Waals surface area contributed by atoms with Crippen LogP contribution in [0.2, 0.25) is 0 Å². The van der Waals surface area contributed by atoms with Crippen molar-refractivity contribution in [1.29, 1.82) is 0 Å². The number of nitrogens with one attached hydrogen (secondary N) is 1. The zero-order valence-corrected chi connectivity index (χ0v) is 11.2.